The molecular formula is C25H23N3O2. The van der Waals surface area contributed by atoms with Crippen LogP contribution >= 0.6 is 0 Å². The van der Waals surface area contributed by atoms with Crippen LogP contribution in [0.25, 0.3) is 22.7 Å². The Hall–Kier alpha value is -3.86. The first kappa shape index (κ1) is 19.5. The van der Waals surface area contributed by atoms with Crippen molar-refractivity contribution in [3.63, 3.8) is 0 Å². The highest BCUT2D eigenvalue weighted by molar-refractivity contribution is 5.99. The van der Waals surface area contributed by atoms with E-state index in [1.807, 2.05) is 55.5 Å². The van der Waals surface area contributed by atoms with Gasteiger partial charge in [-0.05, 0) is 62.7 Å². The first-order valence-electron chi connectivity index (χ1n) is 9.76. The molecule has 0 aliphatic heterocycles. The molecule has 1 aromatic heterocycles. The monoisotopic (exact) mass is 397 g/mol. The van der Waals surface area contributed by atoms with Gasteiger partial charge in [0, 0.05) is 22.5 Å². The van der Waals surface area contributed by atoms with Gasteiger partial charge in [0.2, 0.25) is 5.89 Å². The van der Waals surface area contributed by atoms with E-state index in [-0.39, 0.29) is 6.03 Å². The van der Waals surface area contributed by atoms with Crippen LogP contribution in [0.1, 0.15) is 16.7 Å². The van der Waals surface area contributed by atoms with Crippen LogP contribution in [0.5, 0.6) is 0 Å². The number of nitrogens with zero attached hydrogens (tertiary/aromatic N) is 1. The largest absolute Gasteiger partial charge is 0.444 e. The van der Waals surface area contributed by atoms with Crippen molar-refractivity contribution in [2.24, 2.45) is 0 Å². The van der Waals surface area contributed by atoms with Gasteiger partial charge in [-0.3, -0.25) is 0 Å². The summed E-state index contributed by atoms with van der Waals surface area (Å²) in [6, 6.07) is 21.0. The first-order chi connectivity index (χ1) is 14.5. The summed E-state index contributed by atoms with van der Waals surface area (Å²) >= 11 is 0. The van der Waals surface area contributed by atoms with Gasteiger partial charge in [-0.1, -0.05) is 41.5 Å². The third-order valence-corrected chi connectivity index (χ3v) is 4.86. The van der Waals surface area contributed by atoms with Crippen LogP contribution in [-0.2, 0) is 0 Å². The second-order valence-electron chi connectivity index (χ2n) is 7.38. The van der Waals surface area contributed by atoms with Gasteiger partial charge < -0.3 is 15.1 Å². The SMILES string of the molecule is Cc1ccc(NC(=O)Nc2ccc(-c3nc(-c4ccc(C)cc4C)co3)cc2)cc1. The van der Waals surface area contributed by atoms with E-state index in [1.165, 1.54) is 5.56 Å². The van der Waals surface area contributed by atoms with Crippen molar-refractivity contribution in [1.29, 1.82) is 0 Å². The molecule has 0 fully saturated rings. The zero-order chi connectivity index (χ0) is 21.1. The lowest BCUT2D eigenvalue weighted by atomic mass is 10.0. The lowest BCUT2D eigenvalue weighted by Crippen LogP contribution is -2.19. The molecule has 0 saturated heterocycles. The molecule has 0 aliphatic carbocycles. The fourth-order valence-electron chi connectivity index (χ4n) is 3.26. The van der Waals surface area contributed by atoms with Gasteiger partial charge >= 0.3 is 6.03 Å². The number of aromatic nitrogens is 1. The topological polar surface area (TPSA) is 67.2 Å². The summed E-state index contributed by atoms with van der Waals surface area (Å²) in [6.45, 7) is 6.14. The Labute approximate surface area is 175 Å². The van der Waals surface area contributed by atoms with E-state index >= 15 is 0 Å². The minimum absolute atomic E-state index is 0.292. The van der Waals surface area contributed by atoms with Crippen LogP contribution in [0.4, 0.5) is 16.2 Å². The van der Waals surface area contributed by atoms with Crippen molar-refractivity contribution in [3.05, 3.63) is 89.7 Å². The van der Waals surface area contributed by atoms with Crippen LogP contribution in [0.15, 0.2) is 77.4 Å². The van der Waals surface area contributed by atoms with Gasteiger partial charge in [0.05, 0.1) is 0 Å². The highest BCUT2D eigenvalue weighted by atomic mass is 16.3. The van der Waals surface area contributed by atoms with Crippen molar-refractivity contribution in [2.75, 3.05) is 10.6 Å². The molecule has 2 N–H and O–H groups in total. The lowest BCUT2D eigenvalue weighted by molar-refractivity contribution is 0.262. The van der Waals surface area contributed by atoms with E-state index in [4.69, 9.17) is 4.42 Å². The predicted octanol–water partition coefficient (Wildman–Crippen LogP) is 6.58. The molecule has 150 valence electrons. The molecule has 0 unspecified atom stereocenters. The Morgan fingerprint density at radius 1 is 0.800 bits per heavy atom. The number of benzene rings is 3. The molecule has 0 radical (unpaired) electrons. The van der Waals surface area contributed by atoms with Gasteiger partial charge in [0.1, 0.15) is 12.0 Å². The van der Waals surface area contributed by atoms with Crippen LogP contribution in [0.2, 0.25) is 0 Å². The van der Waals surface area contributed by atoms with E-state index in [2.05, 4.69) is 47.7 Å². The zero-order valence-electron chi connectivity index (χ0n) is 17.2. The second-order valence-corrected chi connectivity index (χ2v) is 7.38. The van der Waals surface area contributed by atoms with Crippen LogP contribution in [-0.4, -0.2) is 11.0 Å². The summed E-state index contributed by atoms with van der Waals surface area (Å²) < 4.78 is 5.69. The van der Waals surface area contributed by atoms with Gasteiger partial charge in [-0.15, -0.1) is 0 Å². The van der Waals surface area contributed by atoms with Crippen LogP contribution < -0.4 is 10.6 Å². The number of aryl methyl sites for hydroxylation is 3. The number of hydrogen-bond acceptors (Lipinski definition) is 3. The molecular weight excluding hydrogens is 374 g/mol. The Morgan fingerprint density at radius 3 is 2.03 bits per heavy atom. The maximum absolute atomic E-state index is 12.2. The molecule has 0 spiro atoms. The molecule has 3 aromatic carbocycles. The minimum atomic E-state index is -0.292. The molecule has 4 aromatic rings. The molecule has 0 aliphatic rings. The molecule has 2 amide bonds. The van der Waals surface area contributed by atoms with E-state index in [0.29, 0.717) is 11.6 Å². The average molecular weight is 397 g/mol. The summed E-state index contributed by atoms with van der Waals surface area (Å²) in [5.74, 6) is 0.542. The number of amides is 2. The molecule has 1 heterocycles. The molecule has 30 heavy (non-hydrogen) atoms. The van der Waals surface area contributed by atoms with Crippen molar-refractivity contribution in [3.8, 4) is 22.7 Å². The number of urea groups is 1. The van der Waals surface area contributed by atoms with Crippen molar-refractivity contribution >= 4 is 17.4 Å². The average Bonchev–Trinajstić information content (AvgIpc) is 3.20. The molecule has 0 bridgehead atoms. The van der Waals surface area contributed by atoms with Gasteiger partial charge in [0.25, 0.3) is 0 Å². The summed E-state index contributed by atoms with van der Waals surface area (Å²) in [5.41, 5.74) is 7.66. The maximum Gasteiger partial charge on any atom is 0.323 e. The highest BCUT2D eigenvalue weighted by Crippen LogP contribution is 2.28. The van der Waals surface area contributed by atoms with E-state index in [0.717, 1.165) is 33.6 Å². The summed E-state index contributed by atoms with van der Waals surface area (Å²) in [4.78, 5) is 16.8. The van der Waals surface area contributed by atoms with Gasteiger partial charge in [-0.25, -0.2) is 9.78 Å². The van der Waals surface area contributed by atoms with Crippen molar-refractivity contribution in [2.45, 2.75) is 20.8 Å². The van der Waals surface area contributed by atoms with Gasteiger partial charge in [0.15, 0.2) is 0 Å². The number of carbonyl (C=O) groups is 1. The standard InChI is InChI=1S/C25H23N3O2/c1-16-4-9-20(10-5-16)26-25(29)27-21-11-7-19(8-12-21)24-28-23(15-30-24)22-13-6-17(2)14-18(22)3/h4-15H,1-3H3,(H2,26,27,29). The summed E-state index contributed by atoms with van der Waals surface area (Å²) in [6.07, 6.45) is 1.67. The van der Waals surface area contributed by atoms with Crippen LogP contribution in [0.3, 0.4) is 0 Å². The third-order valence-electron chi connectivity index (χ3n) is 4.86. The van der Waals surface area contributed by atoms with E-state index in [1.54, 1.807) is 6.26 Å². The Kier molecular flexibility index (Phi) is 5.35. The first-order valence-corrected chi connectivity index (χ1v) is 9.76. The van der Waals surface area contributed by atoms with Gasteiger partial charge in [-0.2, -0.15) is 0 Å². The highest BCUT2D eigenvalue weighted by Gasteiger charge is 2.11. The van der Waals surface area contributed by atoms with Crippen molar-refractivity contribution < 1.29 is 9.21 Å². The number of rotatable bonds is 4. The molecule has 4 rings (SSSR count). The van der Waals surface area contributed by atoms with Crippen molar-refractivity contribution in [1.82, 2.24) is 4.98 Å². The second kappa shape index (κ2) is 8.25. The lowest BCUT2D eigenvalue weighted by Gasteiger charge is -2.08. The summed E-state index contributed by atoms with van der Waals surface area (Å²) in [5, 5.41) is 5.64. The zero-order valence-corrected chi connectivity index (χ0v) is 17.2. The number of oxazole rings is 1. The Bertz CT molecular complexity index is 1180. The Balaban J connectivity index is 1.44. The predicted molar refractivity (Wildman–Crippen MR) is 121 cm³/mol. The fraction of sp³-hybridized carbons (Fsp3) is 0.120. The quantitative estimate of drug-likeness (QED) is 0.409. The summed E-state index contributed by atoms with van der Waals surface area (Å²) in [7, 11) is 0. The number of nitrogens with one attached hydrogen (secondary N) is 2. The number of carbonyl (C=O) groups excluding carboxylic acids is 1. The fourth-order valence-corrected chi connectivity index (χ4v) is 3.26. The number of anilines is 2. The van der Waals surface area contributed by atoms with Crippen LogP contribution in [0, 0.1) is 20.8 Å². The van der Waals surface area contributed by atoms with E-state index in [9.17, 15) is 4.79 Å². The normalized spacial score (nSPS) is 10.6. The molecule has 5 heteroatoms. The maximum atomic E-state index is 12.2. The number of hydrogen-bond donors (Lipinski definition) is 2. The molecule has 0 saturated carbocycles. The molecule has 5 nitrogen and oxygen atoms in total. The van der Waals surface area contributed by atoms with E-state index < -0.39 is 0 Å². The third kappa shape index (κ3) is 4.41. The smallest absolute Gasteiger partial charge is 0.323 e. The molecule has 0 atom stereocenters. The Morgan fingerprint density at radius 2 is 1.40 bits per heavy atom. The minimum Gasteiger partial charge on any atom is -0.444 e.